The Morgan fingerprint density at radius 1 is 0.955 bits per heavy atom. The van der Waals surface area contributed by atoms with Gasteiger partial charge < -0.3 is 9.47 Å². The number of nitrogens with zero attached hydrogens (tertiary/aromatic N) is 1. The number of benzene rings is 1. The molecule has 0 aromatic heterocycles. The van der Waals surface area contributed by atoms with Gasteiger partial charge in [-0.25, -0.2) is 4.90 Å². The fourth-order valence-electron chi connectivity index (χ4n) is 3.53. The first-order chi connectivity index (χ1) is 10.6. The molecule has 0 saturated carbocycles. The zero-order chi connectivity index (χ0) is 15.4. The number of hydrogen-bond acceptors (Lipinski definition) is 4. The lowest BCUT2D eigenvalue weighted by Gasteiger charge is -2.23. The van der Waals surface area contributed by atoms with Gasteiger partial charge in [-0.05, 0) is 38.8 Å². The van der Waals surface area contributed by atoms with Gasteiger partial charge in [0.15, 0.2) is 11.5 Å². The standard InChI is InChI=1S/C17H17NO4/c1-9-5-12-13(6-10(9)2)17(20)18(16(12)19)11-3-4-14-15(7-11)22-8-21-14/h3-4,7,12-13H,5-6,8H2,1-2H3. The van der Waals surface area contributed by atoms with Crippen molar-refractivity contribution >= 4 is 17.5 Å². The van der Waals surface area contributed by atoms with E-state index in [4.69, 9.17) is 9.47 Å². The molecule has 2 amide bonds. The van der Waals surface area contributed by atoms with Crippen molar-refractivity contribution in [1.82, 2.24) is 0 Å². The molecule has 1 fully saturated rings. The van der Waals surface area contributed by atoms with Gasteiger partial charge in [-0.1, -0.05) is 11.1 Å². The van der Waals surface area contributed by atoms with E-state index in [0.29, 0.717) is 30.0 Å². The van der Waals surface area contributed by atoms with E-state index in [0.717, 1.165) is 0 Å². The Bertz CT molecular complexity index is 689. The average molecular weight is 299 g/mol. The van der Waals surface area contributed by atoms with Crippen LogP contribution in [0.4, 0.5) is 5.69 Å². The Morgan fingerprint density at radius 2 is 1.55 bits per heavy atom. The summed E-state index contributed by atoms with van der Waals surface area (Å²) in [5.41, 5.74) is 3.04. The Kier molecular flexibility index (Phi) is 2.79. The molecule has 1 aliphatic carbocycles. The number of hydrogen-bond donors (Lipinski definition) is 0. The number of amides is 2. The average Bonchev–Trinajstić information content (AvgIpc) is 3.04. The molecule has 1 aromatic carbocycles. The SMILES string of the molecule is CC1=C(C)CC2C(=O)N(c3ccc4c(c3)OCO4)C(=O)C2C1. The van der Waals surface area contributed by atoms with Crippen LogP contribution in [0, 0.1) is 11.8 Å². The summed E-state index contributed by atoms with van der Waals surface area (Å²) in [6.07, 6.45) is 1.37. The summed E-state index contributed by atoms with van der Waals surface area (Å²) < 4.78 is 10.6. The summed E-state index contributed by atoms with van der Waals surface area (Å²) in [7, 11) is 0. The van der Waals surface area contributed by atoms with Gasteiger partial charge in [0, 0.05) is 6.07 Å². The van der Waals surface area contributed by atoms with Crippen LogP contribution in [0.3, 0.4) is 0 Å². The maximum Gasteiger partial charge on any atom is 0.238 e. The lowest BCUT2D eigenvalue weighted by atomic mass is 9.78. The van der Waals surface area contributed by atoms with Crippen molar-refractivity contribution < 1.29 is 19.1 Å². The topological polar surface area (TPSA) is 55.8 Å². The van der Waals surface area contributed by atoms with E-state index in [-0.39, 0.29) is 30.4 Å². The number of ether oxygens (including phenoxy) is 2. The number of carbonyl (C=O) groups excluding carboxylic acids is 2. The van der Waals surface area contributed by atoms with Gasteiger partial charge in [-0.15, -0.1) is 0 Å². The van der Waals surface area contributed by atoms with Crippen LogP contribution in [0.1, 0.15) is 26.7 Å². The van der Waals surface area contributed by atoms with Gasteiger partial charge in [0.1, 0.15) is 0 Å². The molecule has 2 heterocycles. The van der Waals surface area contributed by atoms with E-state index < -0.39 is 0 Å². The van der Waals surface area contributed by atoms with Crippen molar-refractivity contribution in [2.75, 3.05) is 11.7 Å². The van der Waals surface area contributed by atoms with Crippen molar-refractivity contribution in [3.05, 3.63) is 29.3 Å². The highest BCUT2D eigenvalue weighted by Crippen LogP contribution is 2.44. The van der Waals surface area contributed by atoms with Gasteiger partial charge in [-0.2, -0.15) is 0 Å². The van der Waals surface area contributed by atoms with Gasteiger partial charge in [0.25, 0.3) is 0 Å². The first kappa shape index (κ1) is 13.4. The quantitative estimate of drug-likeness (QED) is 0.591. The zero-order valence-electron chi connectivity index (χ0n) is 12.6. The van der Waals surface area contributed by atoms with Crippen molar-refractivity contribution in [2.24, 2.45) is 11.8 Å². The predicted molar refractivity (Wildman–Crippen MR) is 79.6 cm³/mol. The monoisotopic (exact) mass is 299 g/mol. The number of fused-ring (bicyclic) bond motifs is 2. The number of anilines is 1. The van der Waals surface area contributed by atoms with Crippen LogP contribution < -0.4 is 14.4 Å². The molecule has 0 radical (unpaired) electrons. The Hall–Kier alpha value is -2.30. The van der Waals surface area contributed by atoms with E-state index in [1.54, 1.807) is 18.2 Å². The molecule has 0 bridgehead atoms. The molecule has 0 N–H and O–H groups in total. The van der Waals surface area contributed by atoms with Gasteiger partial charge in [0.05, 0.1) is 17.5 Å². The summed E-state index contributed by atoms with van der Waals surface area (Å²) in [5.74, 6) is 0.594. The maximum absolute atomic E-state index is 12.7. The number of imide groups is 1. The molecule has 5 nitrogen and oxygen atoms in total. The molecule has 1 aromatic rings. The summed E-state index contributed by atoms with van der Waals surface area (Å²) >= 11 is 0. The molecular weight excluding hydrogens is 282 g/mol. The molecule has 5 heteroatoms. The van der Waals surface area contributed by atoms with Crippen LogP contribution in [0.5, 0.6) is 11.5 Å². The van der Waals surface area contributed by atoms with E-state index in [2.05, 4.69) is 0 Å². The van der Waals surface area contributed by atoms with Crippen LogP contribution in [-0.4, -0.2) is 18.6 Å². The van der Waals surface area contributed by atoms with E-state index in [9.17, 15) is 9.59 Å². The van der Waals surface area contributed by atoms with Crippen molar-refractivity contribution in [2.45, 2.75) is 26.7 Å². The van der Waals surface area contributed by atoms with Crippen LogP contribution in [0.2, 0.25) is 0 Å². The molecule has 22 heavy (non-hydrogen) atoms. The lowest BCUT2D eigenvalue weighted by molar-refractivity contribution is -0.122. The fourth-order valence-corrected chi connectivity index (χ4v) is 3.53. The largest absolute Gasteiger partial charge is 0.454 e. The predicted octanol–water partition coefficient (Wildman–Crippen LogP) is 2.65. The minimum atomic E-state index is -0.221. The second-order valence-corrected chi connectivity index (χ2v) is 6.23. The molecule has 4 rings (SSSR count). The Balaban J connectivity index is 1.70. The van der Waals surface area contributed by atoms with Crippen LogP contribution in [0.15, 0.2) is 29.3 Å². The highest BCUT2D eigenvalue weighted by atomic mass is 16.7. The molecule has 1 saturated heterocycles. The first-order valence-corrected chi connectivity index (χ1v) is 7.49. The number of carbonyl (C=O) groups is 2. The van der Waals surface area contributed by atoms with Crippen LogP contribution in [0.25, 0.3) is 0 Å². The molecule has 3 aliphatic rings. The van der Waals surface area contributed by atoms with Crippen molar-refractivity contribution in [3.63, 3.8) is 0 Å². The Labute approximate surface area is 128 Å². The highest BCUT2D eigenvalue weighted by Gasteiger charge is 2.49. The third-order valence-corrected chi connectivity index (χ3v) is 4.96. The minimum absolute atomic E-state index is 0.0966. The Morgan fingerprint density at radius 3 is 2.18 bits per heavy atom. The molecule has 2 aliphatic heterocycles. The zero-order valence-corrected chi connectivity index (χ0v) is 12.6. The molecule has 2 unspecified atom stereocenters. The molecule has 0 spiro atoms. The van der Waals surface area contributed by atoms with Gasteiger partial charge >= 0.3 is 0 Å². The van der Waals surface area contributed by atoms with Gasteiger partial charge in [-0.3, -0.25) is 9.59 Å². The van der Waals surface area contributed by atoms with Crippen molar-refractivity contribution in [3.8, 4) is 11.5 Å². The third-order valence-electron chi connectivity index (χ3n) is 4.96. The van der Waals surface area contributed by atoms with E-state index >= 15 is 0 Å². The molecular formula is C17H17NO4. The number of allylic oxidation sites excluding steroid dienone is 2. The molecule has 2 atom stereocenters. The van der Waals surface area contributed by atoms with Gasteiger partial charge in [0.2, 0.25) is 18.6 Å². The lowest BCUT2D eigenvalue weighted by Crippen LogP contribution is -2.30. The van der Waals surface area contributed by atoms with Crippen molar-refractivity contribution in [1.29, 1.82) is 0 Å². The molecule has 114 valence electrons. The second-order valence-electron chi connectivity index (χ2n) is 6.23. The van der Waals surface area contributed by atoms with Crippen LogP contribution in [-0.2, 0) is 9.59 Å². The summed E-state index contributed by atoms with van der Waals surface area (Å²) in [4.78, 5) is 26.7. The summed E-state index contributed by atoms with van der Waals surface area (Å²) in [5, 5.41) is 0. The van der Waals surface area contributed by atoms with E-state index in [1.165, 1.54) is 16.0 Å². The minimum Gasteiger partial charge on any atom is -0.454 e. The fraction of sp³-hybridized carbons (Fsp3) is 0.412. The maximum atomic E-state index is 12.7. The number of rotatable bonds is 1. The van der Waals surface area contributed by atoms with E-state index in [1.807, 2.05) is 13.8 Å². The normalized spacial score (nSPS) is 26.7. The van der Waals surface area contributed by atoms with Crippen LogP contribution >= 0.6 is 0 Å². The third kappa shape index (κ3) is 1.78. The summed E-state index contributed by atoms with van der Waals surface area (Å²) in [6.45, 7) is 4.27. The smallest absolute Gasteiger partial charge is 0.238 e. The second kappa shape index (κ2) is 4.60. The highest BCUT2D eigenvalue weighted by molar-refractivity contribution is 6.22. The first-order valence-electron chi connectivity index (χ1n) is 7.49. The summed E-state index contributed by atoms with van der Waals surface area (Å²) in [6, 6.07) is 5.20.